The third-order valence-electron chi connectivity index (χ3n) is 2.59. The second kappa shape index (κ2) is 5.23. The number of aryl methyl sites for hydroxylation is 1. The van der Waals surface area contributed by atoms with Gasteiger partial charge in [0.2, 0.25) is 0 Å². The number of nitrogens with one attached hydrogen (secondary N) is 1. The Morgan fingerprint density at radius 1 is 1.12 bits per heavy atom. The molecule has 2 aromatic carbocycles. The molecule has 2 nitrogen and oxygen atoms in total. The summed E-state index contributed by atoms with van der Waals surface area (Å²) >= 11 is 3.55. The molecule has 0 spiro atoms. The Kier molecular flexibility index (Phi) is 3.69. The van der Waals surface area contributed by atoms with E-state index in [4.69, 9.17) is 5.73 Å². The lowest BCUT2D eigenvalue weighted by molar-refractivity contribution is 1.14. The quantitative estimate of drug-likeness (QED) is 0.840. The van der Waals surface area contributed by atoms with Gasteiger partial charge in [0.25, 0.3) is 0 Å². The van der Waals surface area contributed by atoms with Crippen LogP contribution < -0.4 is 11.1 Å². The molecule has 0 aliphatic rings. The first kappa shape index (κ1) is 12.0. The summed E-state index contributed by atoms with van der Waals surface area (Å²) < 4.78 is 1.09. The van der Waals surface area contributed by atoms with Crippen molar-refractivity contribution in [3.05, 3.63) is 58.1 Å². The summed E-state index contributed by atoms with van der Waals surface area (Å²) in [6.07, 6.45) is 0. The number of hydrogen-bond acceptors (Lipinski definition) is 2. The van der Waals surface area contributed by atoms with Gasteiger partial charge in [-0.2, -0.15) is 0 Å². The number of halogens is 1. The van der Waals surface area contributed by atoms with E-state index in [9.17, 15) is 0 Å². The fourth-order valence-electron chi connectivity index (χ4n) is 1.60. The Bertz CT molecular complexity index is 506. The summed E-state index contributed by atoms with van der Waals surface area (Å²) in [5.41, 5.74) is 10.0. The average Bonchev–Trinajstić information content (AvgIpc) is 2.30. The van der Waals surface area contributed by atoms with Gasteiger partial charge in [0.1, 0.15) is 0 Å². The van der Waals surface area contributed by atoms with E-state index in [0.29, 0.717) is 0 Å². The summed E-state index contributed by atoms with van der Waals surface area (Å²) in [4.78, 5) is 0. The van der Waals surface area contributed by atoms with Crippen LogP contribution in [0.3, 0.4) is 0 Å². The van der Waals surface area contributed by atoms with Crippen molar-refractivity contribution in [2.24, 2.45) is 0 Å². The van der Waals surface area contributed by atoms with Gasteiger partial charge < -0.3 is 11.1 Å². The van der Waals surface area contributed by atoms with Crippen LogP contribution in [0, 0.1) is 6.92 Å². The van der Waals surface area contributed by atoms with Gasteiger partial charge >= 0.3 is 0 Å². The zero-order valence-corrected chi connectivity index (χ0v) is 11.3. The van der Waals surface area contributed by atoms with Crippen molar-refractivity contribution in [1.29, 1.82) is 0 Å². The maximum atomic E-state index is 5.65. The van der Waals surface area contributed by atoms with Gasteiger partial charge in [0, 0.05) is 22.4 Å². The minimum Gasteiger partial charge on any atom is -0.399 e. The molecule has 0 atom stereocenters. The van der Waals surface area contributed by atoms with E-state index in [2.05, 4.69) is 46.4 Å². The van der Waals surface area contributed by atoms with Crippen molar-refractivity contribution in [2.45, 2.75) is 13.5 Å². The number of nitrogen functional groups attached to an aromatic ring is 1. The van der Waals surface area contributed by atoms with Gasteiger partial charge in [-0.1, -0.05) is 18.2 Å². The highest BCUT2D eigenvalue weighted by Crippen LogP contribution is 2.23. The number of rotatable bonds is 3. The van der Waals surface area contributed by atoms with Crippen LogP contribution in [0.2, 0.25) is 0 Å². The zero-order valence-electron chi connectivity index (χ0n) is 9.70. The first-order valence-electron chi connectivity index (χ1n) is 5.49. The Morgan fingerprint density at radius 2 is 1.82 bits per heavy atom. The third-order valence-corrected chi connectivity index (χ3v) is 3.24. The van der Waals surface area contributed by atoms with Crippen molar-refractivity contribution in [3.63, 3.8) is 0 Å². The topological polar surface area (TPSA) is 38.0 Å². The standard InChI is InChI=1S/C14H15BrN2/c1-10-2-7-14(13(15)8-10)17-9-11-3-5-12(16)6-4-11/h2-8,17H,9,16H2,1H3. The molecule has 3 N–H and O–H groups in total. The average molecular weight is 291 g/mol. The Morgan fingerprint density at radius 3 is 2.47 bits per heavy atom. The summed E-state index contributed by atoms with van der Waals surface area (Å²) in [6.45, 7) is 2.87. The van der Waals surface area contributed by atoms with Gasteiger partial charge in [0.05, 0.1) is 0 Å². The van der Waals surface area contributed by atoms with Crippen molar-refractivity contribution < 1.29 is 0 Å². The van der Waals surface area contributed by atoms with Crippen LogP contribution in [0.4, 0.5) is 11.4 Å². The molecule has 0 aromatic heterocycles. The minimum atomic E-state index is 0.794. The maximum absolute atomic E-state index is 5.65. The molecule has 0 fully saturated rings. The molecule has 0 heterocycles. The molecule has 0 bridgehead atoms. The Labute approximate surface area is 110 Å². The Hall–Kier alpha value is -1.48. The summed E-state index contributed by atoms with van der Waals surface area (Å²) in [5.74, 6) is 0. The predicted octanol–water partition coefficient (Wildman–Crippen LogP) is 3.95. The van der Waals surface area contributed by atoms with E-state index in [0.717, 1.165) is 22.4 Å². The van der Waals surface area contributed by atoms with Crippen molar-refractivity contribution in [1.82, 2.24) is 0 Å². The fraction of sp³-hybridized carbons (Fsp3) is 0.143. The highest BCUT2D eigenvalue weighted by Gasteiger charge is 1.99. The normalized spacial score (nSPS) is 10.2. The molecule has 2 rings (SSSR count). The number of hydrogen-bond donors (Lipinski definition) is 2. The SMILES string of the molecule is Cc1ccc(NCc2ccc(N)cc2)c(Br)c1. The lowest BCUT2D eigenvalue weighted by Crippen LogP contribution is -2.00. The lowest BCUT2D eigenvalue weighted by Gasteiger charge is -2.09. The first-order chi connectivity index (χ1) is 8.15. The molecular formula is C14H15BrN2. The van der Waals surface area contributed by atoms with Gasteiger partial charge in [-0.3, -0.25) is 0 Å². The molecule has 17 heavy (non-hydrogen) atoms. The molecule has 3 heteroatoms. The number of benzene rings is 2. The maximum Gasteiger partial charge on any atom is 0.0487 e. The molecular weight excluding hydrogens is 276 g/mol. The molecule has 0 aliphatic heterocycles. The monoisotopic (exact) mass is 290 g/mol. The Balaban J connectivity index is 2.04. The van der Waals surface area contributed by atoms with Crippen LogP contribution in [0.1, 0.15) is 11.1 Å². The zero-order chi connectivity index (χ0) is 12.3. The number of nitrogens with two attached hydrogens (primary N) is 1. The van der Waals surface area contributed by atoms with Crippen molar-refractivity contribution >= 4 is 27.3 Å². The van der Waals surface area contributed by atoms with Crippen LogP contribution in [-0.4, -0.2) is 0 Å². The van der Waals surface area contributed by atoms with E-state index >= 15 is 0 Å². The molecule has 88 valence electrons. The van der Waals surface area contributed by atoms with Crippen LogP contribution in [0.5, 0.6) is 0 Å². The molecule has 0 saturated heterocycles. The van der Waals surface area contributed by atoms with E-state index in [1.54, 1.807) is 0 Å². The van der Waals surface area contributed by atoms with Crippen LogP contribution in [0.25, 0.3) is 0 Å². The molecule has 0 radical (unpaired) electrons. The summed E-state index contributed by atoms with van der Waals surface area (Å²) in [6, 6.07) is 14.2. The van der Waals surface area contributed by atoms with Gasteiger partial charge in [0.15, 0.2) is 0 Å². The largest absolute Gasteiger partial charge is 0.399 e. The van der Waals surface area contributed by atoms with E-state index in [1.807, 2.05) is 24.3 Å². The molecule has 0 unspecified atom stereocenters. The second-order valence-electron chi connectivity index (χ2n) is 4.08. The van der Waals surface area contributed by atoms with Gasteiger partial charge in [-0.25, -0.2) is 0 Å². The summed E-state index contributed by atoms with van der Waals surface area (Å²) in [5, 5.41) is 3.39. The highest BCUT2D eigenvalue weighted by atomic mass is 79.9. The predicted molar refractivity (Wildman–Crippen MR) is 77.1 cm³/mol. The second-order valence-corrected chi connectivity index (χ2v) is 4.93. The van der Waals surface area contributed by atoms with Crippen molar-refractivity contribution in [2.75, 3.05) is 11.1 Å². The van der Waals surface area contributed by atoms with E-state index < -0.39 is 0 Å². The van der Waals surface area contributed by atoms with E-state index in [-0.39, 0.29) is 0 Å². The van der Waals surface area contributed by atoms with Crippen LogP contribution in [0.15, 0.2) is 46.9 Å². The van der Waals surface area contributed by atoms with Crippen LogP contribution in [-0.2, 0) is 6.54 Å². The molecule has 2 aromatic rings. The smallest absolute Gasteiger partial charge is 0.0487 e. The van der Waals surface area contributed by atoms with Crippen LogP contribution >= 0.6 is 15.9 Å². The molecule has 0 aliphatic carbocycles. The lowest BCUT2D eigenvalue weighted by atomic mass is 10.2. The van der Waals surface area contributed by atoms with Crippen molar-refractivity contribution in [3.8, 4) is 0 Å². The third kappa shape index (κ3) is 3.24. The highest BCUT2D eigenvalue weighted by molar-refractivity contribution is 9.10. The summed E-state index contributed by atoms with van der Waals surface area (Å²) in [7, 11) is 0. The molecule has 0 saturated carbocycles. The fourth-order valence-corrected chi connectivity index (χ4v) is 2.23. The van der Waals surface area contributed by atoms with E-state index in [1.165, 1.54) is 11.1 Å². The molecule has 0 amide bonds. The van der Waals surface area contributed by atoms with Gasteiger partial charge in [-0.05, 0) is 58.2 Å². The first-order valence-corrected chi connectivity index (χ1v) is 6.29. The van der Waals surface area contributed by atoms with Gasteiger partial charge in [-0.15, -0.1) is 0 Å². The minimum absolute atomic E-state index is 0.794. The number of anilines is 2.